The van der Waals surface area contributed by atoms with E-state index in [-0.39, 0.29) is 12.3 Å². The maximum absolute atomic E-state index is 12.1. The Morgan fingerprint density at radius 2 is 1.88 bits per heavy atom. The molecule has 0 heterocycles. The molecule has 4 nitrogen and oxygen atoms in total. The fraction of sp³-hybridized carbons (Fsp3) is 1.00. The standard InChI is InChI=1S/C8H17F3N2O2S/c1-3-13(7-8(9,10)11)16(14,15)6-4-5-12-2/h12H,3-7H2,1-2H3. The van der Waals surface area contributed by atoms with Crippen LogP contribution in [0.15, 0.2) is 0 Å². The molecule has 0 spiro atoms. The molecule has 0 radical (unpaired) electrons. The summed E-state index contributed by atoms with van der Waals surface area (Å²) in [6, 6.07) is 0. The first kappa shape index (κ1) is 15.7. The molecule has 8 heteroatoms. The van der Waals surface area contributed by atoms with Crippen molar-refractivity contribution >= 4 is 10.0 Å². The van der Waals surface area contributed by atoms with Crippen LogP contribution in [0.3, 0.4) is 0 Å². The van der Waals surface area contributed by atoms with Crippen LogP contribution in [0, 0.1) is 0 Å². The van der Waals surface area contributed by atoms with Crippen molar-refractivity contribution in [2.75, 3.05) is 32.4 Å². The van der Waals surface area contributed by atoms with Gasteiger partial charge < -0.3 is 5.32 Å². The summed E-state index contributed by atoms with van der Waals surface area (Å²) < 4.78 is 59.8. The molecule has 0 saturated carbocycles. The van der Waals surface area contributed by atoms with Gasteiger partial charge in [0.25, 0.3) is 0 Å². The fourth-order valence-electron chi connectivity index (χ4n) is 1.17. The molecule has 1 N–H and O–H groups in total. The normalized spacial score (nSPS) is 13.4. The molecule has 0 saturated heterocycles. The molecule has 0 amide bonds. The zero-order valence-corrected chi connectivity index (χ0v) is 10.2. The third-order valence-electron chi connectivity index (χ3n) is 1.93. The largest absolute Gasteiger partial charge is 0.402 e. The molecular weight excluding hydrogens is 245 g/mol. The van der Waals surface area contributed by atoms with Gasteiger partial charge in [0, 0.05) is 6.54 Å². The van der Waals surface area contributed by atoms with Crippen molar-refractivity contribution in [3.8, 4) is 0 Å². The SMILES string of the molecule is CCN(CC(F)(F)F)S(=O)(=O)CCCNC. The maximum Gasteiger partial charge on any atom is 0.402 e. The zero-order chi connectivity index (χ0) is 12.8. The number of sulfonamides is 1. The number of rotatable bonds is 7. The summed E-state index contributed by atoms with van der Waals surface area (Å²) in [5.74, 6) is -0.266. The van der Waals surface area contributed by atoms with E-state index in [1.54, 1.807) is 7.05 Å². The van der Waals surface area contributed by atoms with E-state index in [1.165, 1.54) is 6.92 Å². The minimum absolute atomic E-state index is 0.165. The second-order valence-electron chi connectivity index (χ2n) is 3.31. The number of halogens is 3. The minimum Gasteiger partial charge on any atom is -0.320 e. The molecule has 0 rings (SSSR count). The molecule has 0 unspecified atom stereocenters. The van der Waals surface area contributed by atoms with E-state index in [2.05, 4.69) is 5.32 Å². The van der Waals surface area contributed by atoms with E-state index in [0.29, 0.717) is 17.3 Å². The molecule has 0 aromatic rings. The Kier molecular flexibility index (Phi) is 6.27. The van der Waals surface area contributed by atoms with Crippen LogP contribution in [0.25, 0.3) is 0 Å². The van der Waals surface area contributed by atoms with Crippen LogP contribution >= 0.6 is 0 Å². The van der Waals surface area contributed by atoms with Gasteiger partial charge in [0.1, 0.15) is 6.54 Å². The van der Waals surface area contributed by atoms with E-state index in [1.807, 2.05) is 0 Å². The first-order chi connectivity index (χ1) is 7.23. The molecule has 0 aliphatic carbocycles. The third kappa shape index (κ3) is 6.29. The van der Waals surface area contributed by atoms with Gasteiger partial charge in [0.15, 0.2) is 0 Å². The van der Waals surface area contributed by atoms with Gasteiger partial charge in [0.05, 0.1) is 5.75 Å². The average molecular weight is 262 g/mol. The first-order valence-electron chi connectivity index (χ1n) is 4.92. The first-order valence-corrected chi connectivity index (χ1v) is 6.53. The molecule has 0 aliphatic rings. The van der Waals surface area contributed by atoms with Crippen molar-refractivity contribution in [2.45, 2.75) is 19.5 Å². The van der Waals surface area contributed by atoms with Gasteiger partial charge in [-0.3, -0.25) is 0 Å². The van der Waals surface area contributed by atoms with Crippen molar-refractivity contribution in [1.82, 2.24) is 9.62 Å². The van der Waals surface area contributed by atoms with Gasteiger partial charge >= 0.3 is 6.18 Å². The second kappa shape index (κ2) is 6.41. The predicted octanol–water partition coefficient (Wildman–Crippen LogP) is 0.810. The van der Waals surface area contributed by atoms with Crippen molar-refractivity contribution < 1.29 is 21.6 Å². The van der Waals surface area contributed by atoms with Crippen LogP contribution in [0.4, 0.5) is 13.2 Å². The predicted molar refractivity (Wildman–Crippen MR) is 55.6 cm³/mol. The van der Waals surface area contributed by atoms with E-state index >= 15 is 0 Å². The van der Waals surface area contributed by atoms with Crippen molar-refractivity contribution in [1.29, 1.82) is 0 Å². The number of nitrogens with zero attached hydrogens (tertiary/aromatic N) is 1. The van der Waals surface area contributed by atoms with Crippen LogP contribution in [0.5, 0.6) is 0 Å². The van der Waals surface area contributed by atoms with Gasteiger partial charge in [-0.05, 0) is 20.0 Å². The molecule has 0 fully saturated rings. The lowest BCUT2D eigenvalue weighted by atomic mass is 10.5. The monoisotopic (exact) mass is 262 g/mol. The fourth-order valence-corrected chi connectivity index (χ4v) is 2.67. The summed E-state index contributed by atoms with van der Waals surface area (Å²) in [5.41, 5.74) is 0. The Labute approximate surface area is 93.9 Å². The van der Waals surface area contributed by atoms with Gasteiger partial charge in [-0.2, -0.15) is 17.5 Å². The summed E-state index contributed by atoms with van der Waals surface area (Å²) >= 11 is 0. The highest BCUT2D eigenvalue weighted by Gasteiger charge is 2.35. The van der Waals surface area contributed by atoms with Crippen LogP contribution in [0.2, 0.25) is 0 Å². The highest BCUT2D eigenvalue weighted by Crippen LogP contribution is 2.18. The summed E-state index contributed by atoms with van der Waals surface area (Å²) in [7, 11) is -2.15. The lowest BCUT2D eigenvalue weighted by molar-refractivity contribution is -0.135. The van der Waals surface area contributed by atoms with Crippen molar-refractivity contribution in [3.63, 3.8) is 0 Å². The summed E-state index contributed by atoms with van der Waals surface area (Å²) in [5, 5.41) is 2.74. The summed E-state index contributed by atoms with van der Waals surface area (Å²) in [4.78, 5) is 0. The van der Waals surface area contributed by atoms with Gasteiger partial charge in [-0.1, -0.05) is 6.92 Å². The highest BCUT2D eigenvalue weighted by molar-refractivity contribution is 7.89. The minimum atomic E-state index is -4.49. The number of alkyl halides is 3. The number of hydrogen-bond donors (Lipinski definition) is 1. The summed E-state index contributed by atoms with van der Waals surface area (Å²) in [6.07, 6.45) is -4.20. The molecule has 0 aromatic heterocycles. The Bertz CT molecular complexity index is 290. The quantitative estimate of drug-likeness (QED) is 0.691. The Morgan fingerprint density at radius 3 is 2.25 bits per heavy atom. The number of hydrogen-bond acceptors (Lipinski definition) is 3. The van der Waals surface area contributed by atoms with E-state index in [4.69, 9.17) is 0 Å². The topological polar surface area (TPSA) is 49.4 Å². The average Bonchev–Trinajstić information content (AvgIpc) is 2.13. The van der Waals surface area contributed by atoms with Crippen molar-refractivity contribution in [3.05, 3.63) is 0 Å². The van der Waals surface area contributed by atoms with Crippen LogP contribution in [-0.2, 0) is 10.0 Å². The lowest BCUT2D eigenvalue weighted by Crippen LogP contribution is -2.40. The van der Waals surface area contributed by atoms with Crippen LogP contribution in [-0.4, -0.2) is 51.3 Å². The van der Waals surface area contributed by atoms with Gasteiger partial charge in [0.2, 0.25) is 10.0 Å². The molecule has 0 bridgehead atoms. The third-order valence-corrected chi connectivity index (χ3v) is 3.91. The second-order valence-corrected chi connectivity index (χ2v) is 5.40. The van der Waals surface area contributed by atoms with E-state index < -0.39 is 22.7 Å². The Balaban J connectivity index is 4.44. The van der Waals surface area contributed by atoms with Crippen LogP contribution in [0.1, 0.15) is 13.3 Å². The molecule has 0 aliphatic heterocycles. The smallest absolute Gasteiger partial charge is 0.320 e. The molecule has 0 aromatic carbocycles. The Hall–Kier alpha value is -0.340. The van der Waals surface area contributed by atoms with E-state index in [9.17, 15) is 21.6 Å². The van der Waals surface area contributed by atoms with Crippen LogP contribution < -0.4 is 5.32 Å². The molecule has 16 heavy (non-hydrogen) atoms. The molecular formula is C8H17F3N2O2S. The zero-order valence-electron chi connectivity index (χ0n) is 9.34. The van der Waals surface area contributed by atoms with Gasteiger partial charge in [-0.25, -0.2) is 8.42 Å². The van der Waals surface area contributed by atoms with Gasteiger partial charge in [-0.15, -0.1) is 0 Å². The highest BCUT2D eigenvalue weighted by atomic mass is 32.2. The van der Waals surface area contributed by atoms with Crippen molar-refractivity contribution in [2.24, 2.45) is 0 Å². The lowest BCUT2D eigenvalue weighted by Gasteiger charge is -2.21. The number of nitrogens with one attached hydrogen (secondary N) is 1. The van der Waals surface area contributed by atoms with E-state index in [0.717, 1.165) is 0 Å². The molecule has 98 valence electrons. The maximum atomic E-state index is 12.1. The Morgan fingerprint density at radius 1 is 1.31 bits per heavy atom. The summed E-state index contributed by atoms with van der Waals surface area (Å²) in [6.45, 7) is 0.275. The molecule has 0 atom stereocenters.